The van der Waals surface area contributed by atoms with Crippen molar-refractivity contribution in [3.63, 3.8) is 0 Å². The van der Waals surface area contributed by atoms with Crippen LogP contribution < -0.4 is 5.19 Å². The summed E-state index contributed by atoms with van der Waals surface area (Å²) >= 11 is 0. The van der Waals surface area contributed by atoms with Crippen molar-refractivity contribution in [1.29, 1.82) is 0 Å². The molecular formula is C37H36IrN2OSi-2. The van der Waals surface area contributed by atoms with Crippen LogP contribution in [0.15, 0.2) is 95.7 Å². The van der Waals surface area contributed by atoms with Crippen LogP contribution in [-0.4, -0.2) is 18.0 Å². The van der Waals surface area contributed by atoms with E-state index >= 15 is 0 Å². The molecule has 5 heteroatoms. The normalized spacial score (nSPS) is 13.5. The maximum absolute atomic E-state index is 6.35. The van der Waals surface area contributed by atoms with Gasteiger partial charge in [0.05, 0.1) is 5.58 Å². The Hall–Kier alpha value is -3.37. The Morgan fingerprint density at radius 1 is 0.810 bits per heavy atom. The van der Waals surface area contributed by atoms with E-state index in [1.807, 2.05) is 49.5 Å². The van der Waals surface area contributed by atoms with Gasteiger partial charge < -0.3 is 14.4 Å². The molecule has 0 aliphatic heterocycles. The molecule has 1 aliphatic carbocycles. The van der Waals surface area contributed by atoms with Crippen molar-refractivity contribution >= 4 is 35.2 Å². The summed E-state index contributed by atoms with van der Waals surface area (Å²) in [5, 5.41) is 3.86. The van der Waals surface area contributed by atoms with Crippen LogP contribution in [0.1, 0.15) is 42.7 Å². The first-order valence-corrected chi connectivity index (χ1v) is 18.1. The molecule has 1 saturated carbocycles. The number of para-hydroxylation sites is 1. The number of nitrogens with zero attached hydrogens (tertiary/aromatic N) is 2. The summed E-state index contributed by atoms with van der Waals surface area (Å²) < 4.78 is 6.35. The molecule has 0 unspecified atom stereocenters. The van der Waals surface area contributed by atoms with Crippen LogP contribution in [0.5, 0.6) is 0 Å². The van der Waals surface area contributed by atoms with Crippen LogP contribution in [0.4, 0.5) is 0 Å². The Balaban J connectivity index is 0.000000212. The summed E-state index contributed by atoms with van der Waals surface area (Å²) in [5.41, 5.74) is 8.39. The minimum Gasteiger partial charge on any atom is -0.501 e. The van der Waals surface area contributed by atoms with E-state index < -0.39 is 8.07 Å². The van der Waals surface area contributed by atoms with Crippen LogP contribution in [0.25, 0.3) is 44.5 Å². The largest absolute Gasteiger partial charge is 0.501 e. The number of hydrogen-bond donors (Lipinski definition) is 0. The van der Waals surface area contributed by atoms with E-state index in [2.05, 4.69) is 85.4 Å². The van der Waals surface area contributed by atoms with Gasteiger partial charge in [-0.1, -0.05) is 85.9 Å². The molecule has 0 spiro atoms. The van der Waals surface area contributed by atoms with Gasteiger partial charge in [-0.05, 0) is 54.3 Å². The van der Waals surface area contributed by atoms with Gasteiger partial charge in [0, 0.05) is 46.0 Å². The Morgan fingerprint density at radius 2 is 1.55 bits per heavy atom. The number of rotatable bonds is 4. The van der Waals surface area contributed by atoms with E-state index in [0.717, 1.165) is 33.7 Å². The molecule has 1 aliphatic rings. The first-order chi connectivity index (χ1) is 19.9. The van der Waals surface area contributed by atoms with Gasteiger partial charge in [0.25, 0.3) is 0 Å². The second kappa shape index (κ2) is 12.9. The van der Waals surface area contributed by atoms with E-state index in [-0.39, 0.29) is 20.1 Å². The first kappa shape index (κ1) is 30.1. The van der Waals surface area contributed by atoms with Gasteiger partial charge >= 0.3 is 0 Å². The molecule has 42 heavy (non-hydrogen) atoms. The third-order valence-electron chi connectivity index (χ3n) is 8.03. The Bertz CT molecular complexity index is 1770. The summed E-state index contributed by atoms with van der Waals surface area (Å²) in [6.45, 7) is 9.18. The molecule has 7 rings (SSSR count). The average molecular weight is 745 g/mol. The molecular weight excluding hydrogens is 709 g/mol. The minimum atomic E-state index is -1.54. The zero-order valence-electron chi connectivity index (χ0n) is 24.7. The van der Waals surface area contributed by atoms with E-state index in [4.69, 9.17) is 9.40 Å². The molecule has 1 radical (unpaired) electrons. The van der Waals surface area contributed by atoms with Crippen LogP contribution in [0, 0.1) is 19.1 Å². The van der Waals surface area contributed by atoms with Crippen molar-refractivity contribution in [3.8, 4) is 22.5 Å². The van der Waals surface area contributed by atoms with Gasteiger partial charge in [-0.15, -0.1) is 53.2 Å². The van der Waals surface area contributed by atoms with Crippen molar-refractivity contribution in [3.05, 3.63) is 115 Å². The van der Waals surface area contributed by atoms with Crippen molar-refractivity contribution < 1.29 is 24.5 Å². The quantitative estimate of drug-likeness (QED) is 0.133. The monoisotopic (exact) mass is 745 g/mol. The molecule has 0 saturated heterocycles. The number of aryl methyl sites for hydroxylation is 1. The smallest absolute Gasteiger partial charge is 0.120 e. The van der Waals surface area contributed by atoms with Crippen LogP contribution in [0.2, 0.25) is 19.6 Å². The molecule has 3 aromatic heterocycles. The predicted octanol–water partition coefficient (Wildman–Crippen LogP) is 9.51. The van der Waals surface area contributed by atoms with E-state index in [1.54, 1.807) is 0 Å². The average Bonchev–Trinajstić information content (AvgIpc) is 3.67. The van der Waals surface area contributed by atoms with Crippen molar-refractivity contribution in [2.24, 2.45) is 0 Å². The molecule has 6 aromatic rings. The van der Waals surface area contributed by atoms with Gasteiger partial charge in [-0.25, -0.2) is 0 Å². The number of furan rings is 1. The molecule has 1 fully saturated rings. The van der Waals surface area contributed by atoms with Gasteiger partial charge in [0.2, 0.25) is 0 Å². The number of fused-ring (bicyclic) bond motifs is 3. The zero-order chi connectivity index (χ0) is 28.4. The summed E-state index contributed by atoms with van der Waals surface area (Å²) in [6.07, 6.45) is 9.23. The molecule has 0 N–H and O–H groups in total. The number of aromatic nitrogens is 2. The van der Waals surface area contributed by atoms with E-state index in [9.17, 15) is 0 Å². The third kappa shape index (κ3) is 6.34. The van der Waals surface area contributed by atoms with Crippen LogP contribution in [-0.2, 0) is 20.1 Å². The molecule has 3 nitrogen and oxygen atoms in total. The Morgan fingerprint density at radius 3 is 2.21 bits per heavy atom. The van der Waals surface area contributed by atoms with Crippen molar-refractivity contribution in [1.82, 2.24) is 9.97 Å². The minimum absolute atomic E-state index is 0. The van der Waals surface area contributed by atoms with Gasteiger partial charge in [-0.2, -0.15) is 0 Å². The number of pyridine rings is 2. The maximum Gasteiger partial charge on any atom is 0.120 e. The fourth-order valence-corrected chi connectivity index (χ4v) is 7.29. The maximum atomic E-state index is 6.35. The molecule has 0 atom stereocenters. The second-order valence-corrected chi connectivity index (χ2v) is 17.1. The zero-order valence-corrected chi connectivity index (χ0v) is 28.1. The SMILES string of the molecule is C[Si](C)(C)c1c[c-]c(-c2ccc(C3CCCC3)cn2)c2oc3ccccc3c12.Cc1ccc(-c2[c-]cccc2)nc1.[Ir]. The van der Waals surface area contributed by atoms with E-state index in [1.165, 1.54) is 52.8 Å². The second-order valence-electron chi connectivity index (χ2n) is 12.1. The fraction of sp³-hybridized carbons (Fsp3) is 0.243. The van der Waals surface area contributed by atoms with Crippen molar-refractivity contribution in [2.45, 2.75) is 58.2 Å². The summed E-state index contributed by atoms with van der Waals surface area (Å²) in [5.74, 6) is 0.686. The van der Waals surface area contributed by atoms with Gasteiger partial charge in [-0.3, -0.25) is 0 Å². The fourth-order valence-electron chi connectivity index (χ4n) is 5.79. The summed E-state index contributed by atoms with van der Waals surface area (Å²) in [4.78, 5) is 9.14. The summed E-state index contributed by atoms with van der Waals surface area (Å²) in [6, 6.07) is 33.6. The molecule has 3 aromatic carbocycles. The number of hydrogen-bond acceptors (Lipinski definition) is 3. The first-order valence-electron chi connectivity index (χ1n) is 14.6. The van der Waals surface area contributed by atoms with Gasteiger partial charge in [0.15, 0.2) is 0 Å². The Labute approximate surface area is 263 Å². The molecule has 215 valence electrons. The topological polar surface area (TPSA) is 38.9 Å². The van der Waals surface area contributed by atoms with Crippen LogP contribution in [0.3, 0.4) is 0 Å². The van der Waals surface area contributed by atoms with Gasteiger partial charge in [0.1, 0.15) is 5.58 Å². The van der Waals surface area contributed by atoms with Crippen LogP contribution >= 0.6 is 0 Å². The van der Waals surface area contributed by atoms with Crippen molar-refractivity contribution in [2.75, 3.05) is 0 Å². The van der Waals surface area contributed by atoms with E-state index in [0.29, 0.717) is 5.92 Å². The molecule has 0 amide bonds. The standard InChI is InChI=1S/C25H26NOSi.C12H10N.Ir/c1-28(2,3)23-15-13-19(25-24(23)20-10-6-7-11-22(20)27-25)21-14-12-18(16-26-21)17-8-4-5-9-17;1-10-7-8-12(13-9-10)11-5-3-2-4-6-11;/h6-7,10-12,14-17H,4-5,8-9H2,1-3H3;2-5,7-9H,1H3;/q2*-1;. The predicted molar refractivity (Wildman–Crippen MR) is 173 cm³/mol. The molecule has 3 heterocycles. The third-order valence-corrected chi connectivity index (χ3v) is 10.0. The Kier molecular flexibility index (Phi) is 9.22. The molecule has 0 bridgehead atoms. The summed E-state index contributed by atoms with van der Waals surface area (Å²) in [7, 11) is -1.54. The number of benzene rings is 3.